The lowest BCUT2D eigenvalue weighted by atomic mass is 9.89. The molecule has 1 aliphatic carbocycles. The van der Waals surface area contributed by atoms with Crippen LogP contribution in [0.5, 0.6) is 0 Å². The van der Waals surface area contributed by atoms with Gasteiger partial charge in [0, 0.05) is 17.0 Å². The minimum atomic E-state index is -0.451. The van der Waals surface area contributed by atoms with Gasteiger partial charge in [-0.3, -0.25) is 9.59 Å². The summed E-state index contributed by atoms with van der Waals surface area (Å²) in [6.07, 6.45) is 5.37. The summed E-state index contributed by atoms with van der Waals surface area (Å²) in [4.78, 5) is 24.3. The maximum Gasteiger partial charge on any atom is 0.243 e. The lowest BCUT2D eigenvalue weighted by Crippen LogP contribution is -2.29. The van der Waals surface area contributed by atoms with E-state index in [1.54, 1.807) is 0 Å². The molecule has 2 N–H and O–H groups in total. The molecule has 0 heterocycles. The first-order valence-corrected chi connectivity index (χ1v) is 9.03. The summed E-state index contributed by atoms with van der Waals surface area (Å²) in [5, 5.41) is 7.16. The van der Waals surface area contributed by atoms with Gasteiger partial charge in [0.2, 0.25) is 11.8 Å². The highest BCUT2D eigenvalue weighted by Crippen LogP contribution is 2.23. The molecule has 5 heteroatoms. The van der Waals surface area contributed by atoms with Crippen LogP contribution in [0.2, 0.25) is 0 Å². The van der Waals surface area contributed by atoms with Gasteiger partial charge in [0.25, 0.3) is 0 Å². The van der Waals surface area contributed by atoms with Gasteiger partial charge in [-0.1, -0.05) is 52.2 Å². The van der Waals surface area contributed by atoms with Crippen LogP contribution in [0.3, 0.4) is 0 Å². The zero-order valence-electron chi connectivity index (χ0n) is 15.7. The number of carbonyl (C=O) groups excluding carboxylic acids is 2. The maximum absolute atomic E-state index is 12.2. The summed E-state index contributed by atoms with van der Waals surface area (Å²) < 4.78 is 0. The van der Waals surface area contributed by atoms with Crippen LogP contribution < -0.4 is 10.7 Å². The second-order valence-electron chi connectivity index (χ2n) is 7.79. The van der Waals surface area contributed by atoms with Crippen molar-refractivity contribution in [3.05, 3.63) is 29.8 Å². The molecule has 2 amide bonds. The molecule has 0 aliphatic heterocycles. The van der Waals surface area contributed by atoms with Gasteiger partial charge < -0.3 is 5.32 Å². The third-order valence-electron chi connectivity index (χ3n) is 4.53. The second-order valence-corrected chi connectivity index (χ2v) is 7.79. The van der Waals surface area contributed by atoms with E-state index in [4.69, 9.17) is 0 Å². The van der Waals surface area contributed by atoms with Crippen LogP contribution in [0.4, 0.5) is 5.69 Å². The highest BCUT2D eigenvalue weighted by atomic mass is 16.2. The van der Waals surface area contributed by atoms with Crippen molar-refractivity contribution in [2.24, 2.45) is 16.4 Å². The number of anilines is 1. The van der Waals surface area contributed by atoms with Gasteiger partial charge in [-0.25, -0.2) is 5.43 Å². The van der Waals surface area contributed by atoms with Crippen LogP contribution in [0.1, 0.15) is 65.4 Å². The average Bonchev–Trinajstić information content (AvgIpc) is 2.59. The number of rotatable bonds is 4. The van der Waals surface area contributed by atoms with E-state index >= 15 is 0 Å². The minimum absolute atomic E-state index is 0.0104. The normalized spacial score (nSPS) is 16.4. The Balaban J connectivity index is 2.01. The zero-order valence-corrected chi connectivity index (χ0v) is 15.7. The van der Waals surface area contributed by atoms with E-state index in [9.17, 15) is 9.59 Å². The molecule has 1 aromatic rings. The minimum Gasteiger partial charge on any atom is -0.326 e. The topological polar surface area (TPSA) is 70.6 Å². The van der Waals surface area contributed by atoms with E-state index in [2.05, 4.69) is 15.8 Å². The van der Waals surface area contributed by atoms with Gasteiger partial charge in [-0.15, -0.1) is 0 Å². The van der Waals surface area contributed by atoms with Crippen molar-refractivity contribution in [2.45, 2.75) is 59.8 Å². The summed E-state index contributed by atoms with van der Waals surface area (Å²) in [5.41, 5.74) is 4.56. The molecule has 0 unspecified atom stereocenters. The van der Waals surface area contributed by atoms with Crippen LogP contribution in [0.25, 0.3) is 0 Å². The number of carbonyl (C=O) groups is 2. The molecule has 0 radical (unpaired) electrons. The molecule has 1 aromatic carbocycles. The fourth-order valence-electron chi connectivity index (χ4n) is 2.80. The van der Waals surface area contributed by atoms with E-state index in [1.165, 1.54) is 6.42 Å². The van der Waals surface area contributed by atoms with Crippen molar-refractivity contribution in [1.82, 2.24) is 5.43 Å². The number of amides is 2. The number of benzene rings is 1. The van der Waals surface area contributed by atoms with Gasteiger partial charge in [0.15, 0.2) is 0 Å². The Bertz CT molecular complexity index is 653. The van der Waals surface area contributed by atoms with E-state index in [-0.39, 0.29) is 17.7 Å². The highest BCUT2D eigenvalue weighted by molar-refractivity contribution is 6.01. The Hall–Kier alpha value is -2.17. The smallest absolute Gasteiger partial charge is 0.243 e. The van der Waals surface area contributed by atoms with Gasteiger partial charge in [0.05, 0.1) is 5.71 Å². The lowest BCUT2D eigenvalue weighted by molar-refractivity contribution is -0.126. The van der Waals surface area contributed by atoms with E-state index in [0.717, 1.165) is 42.6 Å². The molecule has 0 spiro atoms. The Labute approximate surface area is 150 Å². The SMILES string of the molecule is C/C(=N\NC(=O)C1CCCCC1)c1cccc(NC(=O)C(C)(C)C)c1. The average molecular weight is 343 g/mol. The molecular weight excluding hydrogens is 314 g/mol. The van der Waals surface area contributed by atoms with E-state index < -0.39 is 5.41 Å². The molecule has 0 bridgehead atoms. The predicted octanol–water partition coefficient (Wildman–Crippen LogP) is 4.09. The Kier molecular flexibility index (Phi) is 6.34. The fraction of sp³-hybridized carbons (Fsp3) is 0.550. The lowest BCUT2D eigenvalue weighted by Gasteiger charge is -2.19. The third kappa shape index (κ3) is 5.69. The van der Waals surface area contributed by atoms with Crippen molar-refractivity contribution < 1.29 is 9.59 Å². The van der Waals surface area contributed by atoms with Crippen molar-refractivity contribution in [3.8, 4) is 0 Å². The first-order chi connectivity index (χ1) is 11.8. The fourth-order valence-corrected chi connectivity index (χ4v) is 2.80. The quantitative estimate of drug-likeness (QED) is 0.638. The molecule has 0 atom stereocenters. The Morgan fingerprint density at radius 3 is 2.44 bits per heavy atom. The maximum atomic E-state index is 12.2. The molecule has 1 saturated carbocycles. The van der Waals surface area contributed by atoms with Crippen molar-refractivity contribution in [3.63, 3.8) is 0 Å². The Morgan fingerprint density at radius 1 is 1.12 bits per heavy atom. The third-order valence-corrected chi connectivity index (χ3v) is 4.53. The number of nitrogens with one attached hydrogen (secondary N) is 2. The van der Waals surface area contributed by atoms with Gasteiger partial charge >= 0.3 is 0 Å². The van der Waals surface area contributed by atoms with Crippen LogP contribution in [-0.4, -0.2) is 17.5 Å². The molecule has 0 saturated heterocycles. The highest BCUT2D eigenvalue weighted by Gasteiger charge is 2.22. The van der Waals surface area contributed by atoms with Crippen LogP contribution >= 0.6 is 0 Å². The summed E-state index contributed by atoms with van der Waals surface area (Å²) in [6.45, 7) is 7.48. The van der Waals surface area contributed by atoms with Crippen LogP contribution in [0.15, 0.2) is 29.4 Å². The standard InChI is InChI=1S/C20H29N3O2/c1-14(22-23-18(24)15-9-6-5-7-10-15)16-11-8-12-17(13-16)21-19(25)20(2,3)4/h8,11-13,15H,5-7,9-10H2,1-4H3,(H,21,25)(H,23,24)/b22-14+. The molecule has 0 aromatic heterocycles. The predicted molar refractivity (Wildman–Crippen MR) is 101 cm³/mol. The Morgan fingerprint density at radius 2 is 1.80 bits per heavy atom. The second kappa shape index (κ2) is 8.28. The molecule has 2 rings (SSSR count). The van der Waals surface area contributed by atoms with E-state index in [0.29, 0.717) is 0 Å². The molecule has 1 aliphatic rings. The summed E-state index contributed by atoms with van der Waals surface area (Å²) in [6, 6.07) is 7.50. The monoisotopic (exact) mass is 343 g/mol. The van der Waals surface area contributed by atoms with Crippen molar-refractivity contribution in [2.75, 3.05) is 5.32 Å². The molecular formula is C20H29N3O2. The number of hydrogen-bond acceptors (Lipinski definition) is 3. The zero-order chi connectivity index (χ0) is 18.4. The van der Waals surface area contributed by atoms with Crippen molar-refractivity contribution in [1.29, 1.82) is 0 Å². The number of hydrazone groups is 1. The summed E-state index contributed by atoms with van der Waals surface area (Å²) >= 11 is 0. The molecule has 5 nitrogen and oxygen atoms in total. The first kappa shape index (κ1) is 19.2. The number of nitrogens with zero attached hydrogens (tertiary/aromatic N) is 1. The molecule has 1 fully saturated rings. The van der Waals surface area contributed by atoms with Gasteiger partial charge in [-0.2, -0.15) is 5.10 Å². The van der Waals surface area contributed by atoms with Gasteiger partial charge in [-0.05, 0) is 37.5 Å². The van der Waals surface area contributed by atoms with E-state index in [1.807, 2.05) is 52.0 Å². The molecule has 25 heavy (non-hydrogen) atoms. The summed E-state index contributed by atoms with van der Waals surface area (Å²) in [7, 11) is 0. The summed E-state index contributed by atoms with van der Waals surface area (Å²) in [5.74, 6) is 0.0591. The van der Waals surface area contributed by atoms with Crippen molar-refractivity contribution >= 4 is 23.2 Å². The molecule has 136 valence electrons. The van der Waals surface area contributed by atoms with Crippen LogP contribution in [0, 0.1) is 11.3 Å². The van der Waals surface area contributed by atoms with Crippen LogP contribution in [-0.2, 0) is 9.59 Å². The van der Waals surface area contributed by atoms with Gasteiger partial charge in [0.1, 0.15) is 0 Å². The first-order valence-electron chi connectivity index (χ1n) is 9.03. The largest absolute Gasteiger partial charge is 0.326 e. The number of hydrogen-bond donors (Lipinski definition) is 2.